The van der Waals surface area contributed by atoms with Crippen molar-refractivity contribution in [2.45, 2.75) is 19.3 Å². The van der Waals surface area contributed by atoms with Crippen LogP contribution in [0.2, 0.25) is 0 Å². The lowest BCUT2D eigenvalue weighted by Gasteiger charge is -1.97. The first-order chi connectivity index (χ1) is 4.41. The maximum absolute atomic E-state index is 8.38. The van der Waals surface area contributed by atoms with E-state index in [0.29, 0.717) is 13.1 Å². The molecule has 56 valence electrons. The number of aliphatic hydroxyl groups is 1. The van der Waals surface area contributed by atoms with E-state index in [4.69, 9.17) is 9.63 Å². The van der Waals surface area contributed by atoms with Gasteiger partial charge >= 0.3 is 0 Å². The Morgan fingerprint density at radius 3 is 2.67 bits per heavy atom. The zero-order valence-electron chi connectivity index (χ0n) is 5.27. The third-order valence-corrected chi connectivity index (χ3v) is 2.21. The molecule has 0 aromatic rings. The van der Waals surface area contributed by atoms with Crippen LogP contribution in [0.3, 0.4) is 0 Å². The van der Waals surface area contributed by atoms with Crippen molar-refractivity contribution in [3.05, 3.63) is 0 Å². The van der Waals surface area contributed by atoms with Crippen LogP contribution in [0.25, 0.3) is 0 Å². The van der Waals surface area contributed by atoms with Gasteiger partial charge in [-0.15, -0.1) is 0 Å². The highest BCUT2D eigenvalue weighted by molar-refractivity contribution is 14.2. The van der Waals surface area contributed by atoms with E-state index < -0.39 is 0 Å². The van der Waals surface area contributed by atoms with Gasteiger partial charge in [-0.25, -0.2) is 0 Å². The predicted octanol–water partition coefficient (Wildman–Crippen LogP) is 2.11. The molecule has 0 aliphatic rings. The molecule has 0 aromatic carbocycles. The Kier molecular flexibility index (Phi) is 10.2. The van der Waals surface area contributed by atoms with Crippen LogP contribution in [0.5, 0.6) is 0 Å². The summed E-state index contributed by atoms with van der Waals surface area (Å²) in [7, 11) is 0. The Bertz CT molecular complexity index is 48.2. The van der Waals surface area contributed by atoms with E-state index >= 15 is 0 Å². The highest BCUT2D eigenvalue weighted by Crippen LogP contribution is 2.21. The zero-order valence-corrected chi connectivity index (χ0v) is 8.43. The molecule has 1 unspecified atom stereocenters. The smallest absolute Gasteiger partial charge is 0.0793 e. The Balaban J connectivity index is 2.60. The Morgan fingerprint density at radius 1 is 1.33 bits per heavy atom. The molecule has 0 amide bonds. The van der Waals surface area contributed by atoms with Crippen molar-refractivity contribution in [2.75, 3.05) is 13.2 Å². The lowest BCUT2D eigenvalue weighted by atomic mass is 10.2. The van der Waals surface area contributed by atoms with Crippen molar-refractivity contribution < 1.29 is 9.63 Å². The third kappa shape index (κ3) is 9.08. The number of aliphatic hydroxyl groups excluding tert-OH is 1. The molecule has 0 aliphatic heterocycles. The Hall–Kier alpha value is 1.08. The number of hydrogen-bond acceptors (Lipinski definition) is 2. The summed E-state index contributed by atoms with van der Waals surface area (Å²) in [4.78, 5) is 0. The van der Waals surface area contributed by atoms with Crippen LogP contribution >= 0.6 is 28.5 Å². The lowest BCUT2D eigenvalue weighted by molar-refractivity contribution is 0.274. The highest BCUT2D eigenvalue weighted by Gasteiger charge is 1.86. The maximum atomic E-state index is 8.38. The SMILES string of the molecule is OCCCCCOPI. The molecule has 0 radical (unpaired) electrons. The van der Waals surface area contributed by atoms with Gasteiger partial charge in [0.1, 0.15) is 0 Å². The summed E-state index contributed by atoms with van der Waals surface area (Å²) in [5.74, 6) is 0. The number of hydrogen-bond donors (Lipinski definition) is 1. The van der Waals surface area contributed by atoms with Crippen molar-refractivity contribution in [3.8, 4) is 0 Å². The van der Waals surface area contributed by atoms with Gasteiger partial charge in [-0.05, 0) is 41.3 Å². The first-order valence-electron chi connectivity index (χ1n) is 3.00. The molecule has 0 saturated heterocycles. The van der Waals surface area contributed by atoms with E-state index in [1.165, 1.54) is 0 Å². The second-order valence-electron chi connectivity index (χ2n) is 1.71. The fourth-order valence-electron chi connectivity index (χ4n) is 0.501. The van der Waals surface area contributed by atoms with E-state index in [2.05, 4.69) is 22.0 Å². The molecule has 4 heteroatoms. The monoisotopic (exact) mass is 262 g/mol. The second-order valence-corrected chi connectivity index (χ2v) is 3.47. The van der Waals surface area contributed by atoms with Gasteiger partial charge in [0.05, 0.1) is 13.1 Å². The molecule has 2 nitrogen and oxygen atoms in total. The lowest BCUT2D eigenvalue weighted by Crippen LogP contribution is -1.87. The van der Waals surface area contributed by atoms with Gasteiger partial charge in [-0.3, -0.25) is 0 Å². The van der Waals surface area contributed by atoms with Crippen LogP contribution in [0, 0.1) is 0 Å². The predicted molar refractivity (Wildman–Crippen MR) is 49.2 cm³/mol. The fourth-order valence-corrected chi connectivity index (χ4v) is 1.38. The van der Waals surface area contributed by atoms with Crippen LogP contribution in [0.15, 0.2) is 0 Å². The minimum atomic E-state index is 0.312. The molecule has 1 N–H and O–H groups in total. The average Bonchev–Trinajstić information content (AvgIpc) is 1.89. The molecule has 0 saturated carbocycles. The average molecular weight is 262 g/mol. The standard InChI is InChI=1S/C5H12IO2P/c6-9-8-5-3-1-2-4-7/h7,9H,1-5H2. The van der Waals surface area contributed by atoms with Crippen molar-refractivity contribution in [1.29, 1.82) is 0 Å². The van der Waals surface area contributed by atoms with Gasteiger partial charge in [-0.1, -0.05) is 0 Å². The van der Waals surface area contributed by atoms with Gasteiger partial charge in [0, 0.05) is 6.61 Å². The molecule has 0 heterocycles. The summed E-state index contributed by atoms with van der Waals surface area (Å²) >= 11 is 2.20. The molecular weight excluding hydrogens is 250 g/mol. The molecule has 9 heavy (non-hydrogen) atoms. The molecule has 0 fully saturated rings. The first kappa shape index (κ1) is 10.1. The summed E-state index contributed by atoms with van der Waals surface area (Å²) in [6.45, 7) is 1.74. The quantitative estimate of drug-likeness (QED) is 0.451. The maximum Gasteiger partial charge on any atom is 0.0793 e. The van der Waals surface area contributed by atoms with Crippen molar-refractivity contribution >= 4 is 28.5 Å². The molecule has 0 aliphatic carbocycles. The minimum Gasteiger partial charge on any atom is -0.396 e. The summed E-state index contributed by atoms with van der Waals surface area (Å²) in [5, 5.41) is 8.38. The zero-order chi connectivity index (χ0) is 6.95. The van der Waals surface area contributed by atoms with Crippen molar-refractivity contribution in [3.63, 3.8) is 0 Å². The first-order valence-corrected chi connectivity index (χ1v) is 7.02. The molecule has 0 bridgehead atoms. The second kappa shape index (κ2) is 9.08. The van der Waals surface area contributed by atoms with Gasteiger partial charge in [0.2, 0.25) is 0 Å². The van der Waals surface area contributed by atoms with Crippen LogP contribution in [0.1, 0.15) is 19.3 Å². The summed E-state index contributed by atoms with van der Waals surface area (Å²) < 4.78 is 5.11. The Labute approximate surface area is 70.7 Å². The third-order valence-electron chi connectivity index (χ3n) is 0.959. The molecule has 0 aromatic heterocycles. The number of halogens is 1. The van der Waals surface area contributed by atoms with Crippen LogP contribution in [-0.4, -0.2) is 18.3 Å². The molecule has 1 atom stereocenters. The van der Waals surface area contributed by atoms with Gasteiger partial charge in [0.15, 0.2) is 0 Å². The Morgan fingerprint density at radius 2 is 2.11 bits per heavy atom. The van der Waals surface area contributed by atoms with E-state index in [1.54, 1.807) is 0 Å². The van der Waals surface area contributed by atoms with E-state index in [-0.39, 0.29) is 0 Å². The van der Waals surface area contributed by atoms with Gasteiger partial charge in [-0.2, -0.15) is 0 Å². The van der Waals surface area contributed by atoms with Gasteiger partial charge in [0.25, 0.3) is 0 Å². The van der Waals surface area contributed by atoms with Gasteiger partial charge < -0.3 is 9.63 Å². The highest BCUT2D eigenvalue weighted by atomic mass is 127. The summed E-state index contributed by atoms with van der Waals surface area (Å²) in [6.07, 6.45) is 3.07. The molecule has 0 rings (SSSR count). The van der Waals surface area contributed by atoms with Crippen LogP contribution in [-0.2, 0) is 4.52 Å². The van der Waals surface area contributed by atoms with Crippen molar-refractivity contribution in [2.24, 2.45) is 0 Å². The van der Waals surface area contributed by atoms with E-state index in [0.717, 1.165) is 25.9 Å². The number of unbranched alkanes of at least 4 members (excludes halogenated alkanes) is 2. The topological polar surface area (TPSA) is 29.5 Å². The van der Waals surface area contributed by atoms with Crippen LogP contribution in [0.4, 0.5) is 0 Å². The van der Waals surface area contributed by atoms with E-state index in [1.807, 2.05) is 0 Å². The van der Waals surface area contributed by atoms with Crippen molar-refractivity contribution in [1.82, 2.24) is 0 Å². The minimum absolute atomic E-state index is 0.312. The van der Waals surface area contributed by atoms with E-state index in [9.17, 15) is 0 Å². The normalized spacial score (nSPS) is 11.3. The van der Waals surface area contributed by atoms with Crippen LogP contribution < -0.4 is 0 Å². The molecule has 0 spiro atoms. The summed E-state index contributed by atoms with van der Waals surface area (Å²) in [5.41, 5.74) is 0. The summed E-state index contributed by atoms with van der Waals surface area (Å²) in [6, 6.07) is 0. The fraction of sp³-hybridized carbons (Fsp3) is 1.00. The largest absolute Gasteiger partial charge is 0.396 e. The number of rotatable bonds is 6. The molecular formula is C5H12IO2P.